The Labute approximate surface area is 146 Å². The molecule has 0 amide bonds. The van der Waals surface area contributed by atoms with Crippen LogP contribution in [0.2, 0.25) is 0 Å². The Kier molecular flexibility index (Phi) is 13.7. The minimum atomic E-state index is -3.10. The van der Waals surface area contributed by atoms with Gasteiger partial charge in [-0.2, -0.15) is 0 Å². The summed E-state index contributed by atoms with van der Waals surface area (Å²) in [5.74, 6) is 0.692. The van der Waals surface area contributed by atoms with E-state index in [1.807, 2.05) is 13.8 Å². The first-order valence-corrected chi connectivity index (χ1v) is 8.61. The second kappa shape index (κ2) is 12.4. The molecule has 0 aliphatic rings. The van der Waals surface area contributed by atoms with Crippen molar-refractivity contribution in [1.82, 2.24) is 14.9 Å². The molecule has 0 aromatic rings. The zero-order valence-corrected chi connectivity index (χ0v) is 16.7. The number of guanidine groups is 1. The Bertz CT molecular complexity index is 390. The molecule has 0 aliphatic heterocycles. The van der Waals surface area contributed by atoms with Gasteiger partial charge in [0, 0.05) is 39.8 Å². The average Bonchev–Trinajstić information content (AvgIpc) is 2.36. The summed E-state index contributed by atoms with van der Waals surface area (Å²) < 4.78 is 29.3. The molecular weight excluding hydrogens is 407 g/mol. The molecule has 7 nitrogen and oxygen atoms in total. The summed E-state index contributed by atoms with van der Waals surface area (Å²) in [7, 11) is 0.245. The van der Waals surface area contributed by atoms with E-state index in [1.54, 1.807) is 14.2 Å². The monoisotopic (exact) mass is 436 g/mol. The first-order chi connectivity index (χ1) is 9.35. The molecule has 0 aliphatic carbocycles. The third kappa shape index (κ3) is 11.1. The number of rotatable bonds is 9. The van der Waals surface area contributed by atoms with Crippen molar-refractivity contribution >= 4 is 40.0 Å². The summed E-state index contributed by atoms with van der Waals surface area (Å²) in [6, 6.07) is 0.161. The number of hydrogen-bond acceptors (Lipinski definition) is 4. The van der Waals surface area contributed by atoms with Gasteiger partial charge in [-0.1, -0.05) is 6.92 Å². The summed E-state index contributed by atoms with van der Waals surface area (Å²) in [5, 5.41) is 6.33. The summed E-state index contributed by atoms with van der Waals surface area (Å²) in [5.41, 5.74) is 0. The van der Waals surface area contributed by atoms with Gasteiger partial charge in [0.1, 0.15) is 0 Å². The van der Waals surface area contributed by atoms with E-state index >= 15 is 0 Å². The van der Waals surface area contributed by atoms with Crippen LogP contribution in [-0.2, 0) is 14.8 Å². The Hall–Kier alpha value is -0.130. The third-order valence-corrected chi connectivity index (χ3v) is 4.10. The van der Waals surface area contributed by atoms with Gasteiger partial charge < -0.3 is 15.4 Å². The normalized spacial score (nSPS) is 13.7. The van der Waals surface area contributed by atoms with Crippen LogP contribution in [-0.4, -0.2) is 71.4 Å². The molecule has 0 saturated carbocycles. The second-order valence-corrected chi connectivity index (χ2v) is 6.59. The van der Waals surface area contributed by atoms with E-state index in [9.17, 15) is 8.42 Å². The maximum absolute atomic E-state index is 11.4. The number of methoxy groups -OCH3 is 1. The van der Waals surface area contributed by atoms with Crippen LogP contribution in [0, 0.1) is 0 Å². The molecule has 1 unspecified atom stereocenters. The van der Waals surface area contributed by atoms with Gasteiger partial charge in [0.25, 0.3) is 0 Å². The number of halogens is 1. The molecule has 9 heteroatoms. The number of sulfonamides is 1. The van der Waals surface area contributed by atoms with Crippen LogP contribution in [0.5, 0.6) is 0 Å². The molecule has 0 rings (SSSR count). The Morgan fingerprint density at radius 2 is 2.05 bits per heavy atom. The Morgan fingerprint density at radius 3 is 2.48 bits per heavy atom. The van der Waals surface area contributed by atoms with Crippen LogP contribution < -0.4 is 10.6 Å². The van der Waals surface area contributed by atoms with E-state index in [4.69, 9.17) is 4.74 Å². The van der Waals surface area contributed by atoms with E-state index in [0.717, 1.165) is 6.42 Å². The maximum atomic E-state index is 11.4. The van der Waals surface area contributed by atoms with Crippen molar-refractivity contribution in [3.8, 4) is 0 Å². The van der Waals surface area contributed by atoms with Crippen molar-refractivity contribution in [3.05, 3.63) is 0 Å². The summed E-state index contributed by atoms with van der Waals surface area (Å²) in [4.78, 5) is 4.10. The molecule has 0 heterocycles. The first kappa shape index (κ1) is 23.1. The molecule has 128 valence electrons. The van der Waals surface area contributed by atoms with Crippen molar-refractivity contribution < 1.29 is 13.2 Å². The standard InChI is InChI=1S/C12H28N4O3S.HI/c1-6-16(20(5,17)18)9-7-8-14-12(13-3)15-11(2)10-19-4;/h11H,6-10H2,1-5H3,(H2,13,14,15);1H. The largest absolute Gasteiger partial charge is 0.383 e. The van der Waals surface area contributed by atoms with Gasteiger partial charge in [-0.3, -0.25) is 4.99 Å². The van der Waals surface area contributed by atoms with Crippen molar-refractivity contribution in [2.24, 2.45) is 4.99 Å². The molecule has 0 radical (unpaired) electrons. The quantitative estimate of drug-likeness (QED) is 0.238. The molecule has 0 aromatic heterocycles. The van der Waals surface area contributed by atoms with Gasteiger partial charge in [-0.15, -0.1) is 24.0 Å². The Morgan fingerprint density at radius 1 is 1.43 bits per heavy atom. The van der Waals surface area contributed by atoms with Gasteiger partial charge in [0.05, 0.1) is 12.9 Å². The lowest BCUT2D eigenvalue weighted by atomic mass is 10.3. The molecule has 0 spiro atoms. The van der Waals surface area contributed by atoms with E-state index in [-0.39, 0.29) is 30.0 Å². The fourth-order valence-electron chi connectivity index (χ4n) is 1.74. The van der Waals surface area contributed by atoms with Crippen LogP contribution in [0.4, 0.5) is 0 Å². The highest BCUT2D eigenvalue weighted by Crippen LogP contribution is 1.98. The van der Waals surface area contributed by atoms with Crippen LogP contribution >= 0.6 is 24.0 Å². The maximum Gasteiger partial charge on any atom is 0.211 e. The number of nitrogens with zero attached hydrogens (tertiary/aromatic N) is 2. The summed E-state index contributed by atoms with van der Waals surface area (Å²) >= 11 is 0. The lowest BCUT2D eigenvalue weighted by Gasteiger charge is -2.19. The average molecular weight is 436 g/mol. The van der Waals surface area contributed by atoms with E-state index in [2.05, 4.69) is 15.6 Å². The molecule has 0 bridgehead atoms. The highest BCUT2D eigenvalue weighted by Gasteiger charge is 2.13. The first-order valence-electron chi connectivity index (χ1n) is 6.76. The van der Waals surface area contributed by atoms with Crippen LogP contribution in [0.1, 0.15) is 20.3 Å². The number of hydrogen-bond donors (Lipinski definition) is 2. The van der Waals surface area contributed by atoms with E-state index < -0.39 is 10.0 Å². The smallest absolute Gasteiger partial charge is 0.211 e. The SMILES string of the molecule is CCN(CCCNC(=NC)NC(C)COC)S(C)(=O)=O.I. The zero-order chi connectivity index (χ0) is 15.6. The topological polar surface area (TPSA) is 83.0 Å². The van der Waals surface area contributed by atoms with Gasteiger partial charge in [-0.25, -0.2) is 12.7 Å². The molecular formula is C12H29IN4O3S. The zero-order valence-electron chi connectivity index (χ0n) is 13.5. The van der Waals surface area contributed by atoms with Gasteiger partial charge in [-0.05, 0) is 13.3 Å². The molecule has 0 saturated heterocycles. The highest BCUT2D eigenvalue weighted by atomic mass is 127. The Balaban J connectivity index is 0. The van der Waals surface area contributed by atoms with Crippen LogP contribution in [0.15, 0.2) is 4.99 Å². The molecule has 21 heavy (non-hydrogen) atoms. The molecule has 0 fully saturated rings. The highest BCUT2D eigenvalue weighted by molar-refractivity contribution is 14.0. The number of aliphatic imine (C=N–C) groups is 1. The van der Waals surface area contributed by atoms with Gasteiger partial charge in [0.2, 0.25) is 10.0 Å². The summed E-state index contributed by atoms with van der Waals surface area (Å²) in [6.07, 6.45) is 1.96. The predicted octanol–water partition coefficient (Wildman–Crippen LogP) is 0.476. The fraction of sp³-hybridized carbons (Fsp3) is 0.917. The number of nitrogens with one attached hydrogen (secondary N) is 2. The van der Waals surface area contributed by atoms with Crippen molar-refractivity contribution in [2.75, 3.05) is 46.7 Å². The van der Waals surface area contributed by atoms with Crippen molar-refractivity contribution in [1.29, 1.82) is 0 Å². The number of ether oxygens (including phenoxy) is 1. The predicted molar refractivity (Wildman–Crippen MR) is 98.0 cm³/mol. The van der Waals surface area contributed by atoms with E-state index in [0.29, 0.717) is 32.2 Å². The molecule has 2 N–H and O–H groups in total. The molecule has 0 aromatic carbocycles. The van der Waals surface area contributed by atoms with Crippen molar-refractivity contribution in [2.45, 2.75) is 26.3 Å². The van der Waals surface area contributed by atoms with Crippen molar-refractivity contribution in [3.63, 3.8) is 0 Å². The second-order valence-electron chi connectivity index (χ2n) is 4.61. The fourth-order valence-corrected chi connectivity index (χ4v) is 2.67. The van der Waals surface area contributed by atoms with Gasteiger partial charge in [0.15, 0.2) is 5.96 Å². The van der Waals surface area contributed by atoms with E-state index in [1.165, 1.54) is 10.6 Å². The van der Waals surface area contributed by atoms with Crippen LogP contribution in [0.3, 0.4) is 0 Å². The minimum Gasteiger partial charge on any atom is -0.383 e. The van der Waals surface area contributed by atoms with Crippen LogP contribution in [0.25, 0.3) is 0 Å². The third-order valence-electron chi connectivity index (χ3n) is 2.72. The molecule has 1 atom stereocenters. The lowest BCUT2D eigenvalue weighted by Crippen LogP contribution is -2.44. The van der Waals surface area contributed by atoms with Gasteiger partial charge >= 0.3 is 0 Å². The summed E-state index contributed by atoms with van der Waals surface area (Å²) in [6.45, 7) is 6.09. The lowest BCUT2D eigenvalue weighted by molar-refractivity contribution is 0.179. The minimum absolute atomic E-state index is 0.